The normalized spacial score (nSPS) is 18.2. The van der Waals surface area contributed by atoms with Crippen LogP contribution in [0, 0.1) is 9.49 Å². The van der Waals surface area contributed by atoms with E-state index in [2.05, 4.69) is 63.1 Å². The van der Waals surface area contributed by atoms with Crippen molar-refractivity contribution in [1.29, 1.82) is 0 Å². The Hall–Kier alpha value is -1.88. The zero-order chi connectivity index (χ0) is 23.7. The molecule has 178 valence electrons. The second-order valence-electron chi connectivity index (χ2n) is 8.43. The Morgan fingerprint density at radius 1 is 1.19 bits per heavy atom. The number of nitrogens with zero attached hydrogens (tertiary/aromatic N) is 4. The molecule has 0 atom stereocenters. The van der Waals surface area contributed by atoms with Crippen LogP contribution < -0.4 is 4.90 Å². The number of amides is 1. The molecule has 1 aliphatic rings. The number of allylic oxidation sites excluding steroid dienone is 1. The van der Waals surface area contributed by atoms with Crippen molar-refractivity contribution in [2.45, 2.75) is 38.6 Å². The molecule has 1 aromatic rings. The lowest BCUT2D eigenvalue weighted by Crippen LogP contribution is -2.46. The molecule has 0 aliphatic heterocycles. The van der Waals surface area contributed by atoms with Crippen molar-refractivity contribution in [1.82, 2.24) is 14.8 Å². The van der Waals surface area contributed by atoms with Gasteiger partial charge in [0.2, 0.25) is 0 Å². The van der Waals surface area contributed by atoms with Crippen molar-refractivity contribution in [3.8, 4) is 0 Å². The first kappa shape index (κ1) is 26.4. The van der Waals surface area contributed by atoms with Gasteiger partial charge in [0.05, 0.1) is 19.4 Å². The van der Waals surface area contributed by atoms with Crippen LogP contribution in [-0.2, 0) is 14.3 Å². The van der Waals surface area contributed by atoms with E-state index < -0.39 is 6.09 Å². The molecule has 0 spiro atoms. The summed E-state index contributed by atoms with van der Waals surface area (Å²) in [7, 11) is 5.18. The maximum absolute atomic E-state index is 12.0. The van der Waals surface area contributed by atoms with Crippen molar-refractivity contribution >= 4 is 40.5 Å². The lowest BCUT2D eigenvalue weighted by Gasteiger charge is -2.38. The molecule has 1 fully saturated rings. The first-order chi connectivity index (χ1) is 15.2. The van der Waals surface area contributed by atoms with Crippen molar-refractivity contribution in [3.05, 3.63) is 34.2 Å². The van der Waals surface area contributed by atoms with Crippen LogP contribution in [0.3, 0.4) is 0 Å². The highest BCUT2D eigenvalue weighted by molar-refractivity contribution is 14.1. The molecule has 9 heteroatoms. The van der Waals surface area contributed by atoms with Crippen LogP contribution in [-0.4, -0.2) is 80.3 Å². The molecule has 0 bridgehead atoms. The lowest BCUT2D eigenvalue weighted by molar-refractivity contribution is -0.142. The summed E-state index contributed by atoms with van der Waals surface area (Å²) in [5, 5.41) is 0. The number of carbonyl (C=O) groups is 2. The number of ether oxygens (including phenoxy) is 2. The van der Waals surface area contributed by atoms with Crippen molar-refractivity contribution in [2.75, 3.05) is 52.3 Å². The van der Waals surface area contributed by atoms with Crippen LogP contribution in [0.5, 0.6) is 0 Å². The van der Waals surface area contributed by atoms with Crippen LogP contribution in [0.25, 0.3) is 0 Å². The first-order valence-corrected chi connectivity index (χ1v) is 12.0. The van der Waals surface area contributed by atoms with E-state index in [9.17, 15) is 9.59 Å². The Kier molecular flexibility index (Phi) is 10.7. The maximum Gasteiger partial charge on any atom is 0.414 e. The fourth-order valence-corrected chi connectivity index (χ4v) is 4.30. The minimum absolute atomic E-state index is 0.224. The van der Waals surface area contributed by atoms with Crippen molar-refractivity contribution < 1.29 is 19.1 Å². The number of methoxy groups -OCH3 is 1. The highest BCUT2D eigenvalue weighted by Crippen LogP contribution is 2.29. The van der Waals surface area contributed by atoms with Crippen LogP contribution in [0.1, 0.15) is 32.6 Å². The van der Waals surface area contributed by atoms with Gasteiger partial charge < -0.3 is 19.3 Å². The van der Waals surface area contributed by atoms with E-state index in [1.807, 2.05) is 6.20 Å². The number of hydrogen-bond donors (Lipinski definition) is 0. The predicted molar refractivity (Wildman–Crippen MR) is 133 cm³/mol. The van der Waals surface area contributed by atoms with E-state index >= 15 is 0 Å². The number of anilines is 1. The molecule has 0 unspecified atom stereocenters. The summed E-state index contributed by atoms with van der Waals surface area (Å²) in [5.41, 5.74) is 0. The molecule has 0 saturated heterocycles. The standard InChI is InChI=1S/C23H35IN4O4/c1-17(2)32-23(30)26(3)12-13-28(16-22(29)31-5)20-9-6-18(7-10-20)15-27(4)21-11-8-19(24)14-25-21/h8,11,14,18,20H,1,6-7,9-10,12-13,15-16H2,2-5H3/t18-,20-. The zero-order valence-corrected chi connectivity index (χ0v) is 21.7. The molecule has 1 aliphatic carbocycles. The third-order valence-corrected chi connectivity index (χ3v) is 6.46. The average molecular weight is 558 g/mol. The summed E-state index contributed by atoms with van der Waals surface area (Å²) in [6.45, 7) is 7.47. The molecule has 0 N–H and O–H groups in total. The molecule has 0 aromatic carbocycles. The second kappa shape index (κ2) is 13.0. The topological polar surface area (TPSA) is 75.2 Å². The molecule has 1 heterocycles. The minimum atomic E-state index is -0.438. The number of pyridine rings is 1. The zero-order valence-electron chi connectivity index (χ0n) is 19.6. The Morgan fingerprint density at radius 2 is 1.88 bits per heavy atom. The summed E-state index contributed by atoms with van der Waals surface area (Å²) in [6, 6.07) is 4.42. The van der Waals surface area contributed by atoms with Crippen LogP contribution >= 0.6 is 22.6 Å². The van der Waals surface area contributed by atoms with Gasteiger partial charge in [0.25, 0.3) is 0 Å². The summed E-state index contributed by atoms with van der Waals surface area (Å²) < 4.78 is 11.1. The summed E-state index contributed by atoms with van der Waals surface area (Å²) in [4.78, 5) is 34.4. The molecule has 1 amide bonds. The third kappa shape index (κ3) is 8.57. The van der Waals surface area contributed by atoms with E-state index in [4.69, 9.17) is 9.47 Å². The molecular weight excluding hydrogens is 523 g/mol. The van der Waals surface area contributed by atoms with E-state index in [1.165, 1.54) is 12.0 Å². The number of carbonyl (C=O) groups excluding carboxylic acids is 2. The smallest absolute Gasteiger partial charge is 0.414 e. The van der Waals surface area contributed by atoms with Gasteiger partial charge in [0.1, 0.15) is 5.82 Å². The molecule has 32 heavy (non-hydrogen) atoms. The molecule has 0 radical (unpaired) electrons. The average Bonchev–Trinajstić information content (AvgIpc) is 2.76. The Morgan fingerprint density at radius 3 is 2.44 bits per heavy atom. The number of aromatic nitrogens is 1. The van der Waals surface area contributed by atoms with Gasteiger partial charge in [-0.05, 0) is 73.2 Å². The molecule has 8 nitrogen and oxygen atoms in total. The summed E-state index contributed by atoms with van der Waals surface area (Å²) in [6.07, 6.45) is 5.64. The number of halogens is 1. The fraction of sp³-hybridized carbons (Fsp3) is 0.609. The van der Waals surface area contributed by atoms with E-state index in [0.29, 0.717) is 24.8 Å². The van der Waals surface area contributed by atoms with Crippen LogP contribution in [0.15, 0.2) is 30.7 Å². The Labute approximate surface area is 205 Å². The van der Waals surface area contributed by atoms with Crippen LogP contribution in [0.4, 0.5) is 10.6 Å². The predicted octanol–water partition coefficient (Wildman–Crippen LogP) is 3.76. The van der Waals surface area contributed by atoms with E-state index in [0.717, 1.165) is 41.6 Å². The van der Waals surface area contributed by atoms with Gasteiger partial charge in [0, 0.05) is 49.5 Å². The quantitative estimate of drug-likeness (QED) is 0.246. The Bertz CT molecular complexity index is 766. The van der Waals surface area contributed by atoms with Gasteiger partial charge >= 0.3 is 12.1 Å². The largest absolute Gasteiger partial charge is 0.468 e. The van der Waals surface area contributed by atoms with Crippen molar-refractivity contribution in [3.63, 3.8) is 0 Å². The molecule has 2 rings (SSSR count). The van der Waals surface area contributed by atoms with Gasteiger partial charge in [-0.15, -0.1) is 0 Å². The second-order valence-corrected chi connectivity index (χ2v) is 9.67. The number of hydrogen-bond acceptors (Lipinski definition) is 7. The van der Waals surface area contributed by atoms with Crippen LogP contribution in [0.2, 0.25) is 0 Å². The van der Waals surface area contributed by atoms with E-state index in [-0.39, 0.29) is 18.6 Å². The van der Waals surface area contributed by atoms with Gasteiger partial charge in [-0.1, -0.05) is 6.58 Å². The van der Waals surface area contributed by atoms with Crippen molar-refractivity contribution in [2.24, 2.45) is 5.92 Å². The fourth-order valence-electron chi connectivity index (χ4n) is 3.99. The molecular formula is C23H35IN4O4. The SMILES string of the molecule is C=C(C)OC(=O)N(C)CCN(CC(=O)OC)[C@H]1CC[C@H](CN(C)c2ccc(I)cn2)CC1. The molecule has 1 saturated carbocycles. The minimum Gasteiger partial charge on any atom is -0.468 e. The highest BCUT2D eigenvalue weighted by atomic mass is 127. The van der Waals surface area contributed by atoms with Gasteiger partial charge in [-0.25, -0.2) is 9.78 Å². The Balaban J connectivity index is 1.88. The lowest BCUT2D eigenvalue weighted by atomic mass is 9.85. The maximum atomic E-state index is 12.0. The monoisotopic (exact) mass is 558 g/mol. The highest BCUT2D eigenvalue weighted by Gasteiger charge is 2.28. The van der Waals surface area contributed by atoms with E-state index in [1.54, 1.807) is 14.0 Å². The number of esters is 1. The van der Waals surface area contributed by atoms with Gasteiger partial charge in [0.15, 0.2) is 0 Å². The summed E-state index contributed by atoms with van der Waals surface area (Å²) in [5.74, 6) is 1.68. The summed E-state index contributed by atoms with van der Waals surface area (Å²) >= 11 is 2.26. The molecule has 1 aromatic heterocycles. The third-order valence-electron chi connectivity index (χ3n) is 5.82. The number of rotatable bonds is 10. The first-order valence-electron chi connectivity index (χ1n) is 10.9. The number of likely N-dealkylation sites (N-methyl/N-ethyl adjacent to an activating group) is 1. The van der Waals surface area contributed by atoms with Gasteiger partial charge in [-0.3, -0.25) is 9.69 Å². The van der Waals surface area contributed by atoms with Gasteiger partial charge in [-0.2, -0.15) is 0 Å².